The molecule has 0 aliphatic carbocycles. The highest BCUT2D eigenvalue weighted by atomic mass is 32.2. The number of ether oxygens (including phenoxy) is 1. The number of aromatic nitrogens is 2. The predicted octanol–water partition coefficient (Wildman–Crippen LogP) is -1.28. The summed E-state index contributed by atoms with van der Waals surface area (Å²) in [5.41, 5.74) is -1.40. The van der Waals surface area contributed by atoms with Gasteiger partial charge in [-0.25, -0.2) is 17.9 Å². The fraction of sp³-hybridized carbons (Fsp3) is 0.733. The van der Waals surface area contributed by atoms with E-state index in [4.69, 9.17) is 4.74 Å². The molecule has 0 unspecified atom stereocenters. The molecule has 1 atom stereocenters. The molecule has 1 aliphatic heterocycles. The number of nitrogens with zero attached hydrogens (tertiary/aromatic N) is 3. The zero-order valence-electron chi connectivity index (χ0n) is 15.1. The van der Waals surface area contributed by atoms with Crippen LogP contribution in [0.2, 0.25) is 0 Å². The van der Waals surface area contributed by atoms with E-state index in [2.05, 4.69) is 9.62 Å². The van der Waals surface area contributed by atoms with Gasteiger partial charge in [-0.1, -0.05) is 13.8 Å². The lowest BCUT2D eigenvalue weighted by molar-refractivity contribution is 0.00776. The number of nitrogens with one attached hydrogen (secondary N) is 1. The monoisotopic (exact) mass is 374 g/mol. The Hall–Kier alpha value is -1.49. The van der Waals surface area contributed by atoms with E-state index < -0.39 is 26.2 Å². The second-order valence-corrected chi connectivity index (χ2v) is 8.30. The average Bonchev–Trinajstić information content (AvgIpc) is 2.56. The minimum atomic E-state index is -4.02. The fourth-order valence-corrected chi connectivity index (χ4v) is 4.14. The lowest BCUT2D eigenvalue weighted by Gasteiger charge is -2.36. The minimum absolute atomic E-state index is 0.00458. The molecule has 1 aromatic rings. The van der Waals surface area contributed by atoms with Crippen LogP contribution in [0.1, 0.15) is 13.8 Å². The summed E-state index contributed by atoms with van der Waals surface area (Å²) >= 11 is 0. The normalized spacial score (nSPS) is 17.8. The number of morpholine rings is 1. The second-order valence-electron chi connectivity index (χ2n) is 6.56. The molecule has 1 aromatic heterocycles. The van der Waals surface area contributed by atoms with Crippen LogP contribution in [0, 0.1) is 5.92 Å². The first-order valence-electron chi connectivity index (χ1n) is 8.23. The Morgan fingerprint density at radius 3 is 2.36 bits per heavy atom. The molecule has 2 rings (SSSR count). The van der Waals surface area contributed by atoms with Gasteiger partial charge in [0.1, 0.15) is 0 Å². The highest BCUT2D eigenvalue weighted by Gasteiger charge is 2.27. The Bertz CT molecular complexity index is 821. The van der Waals surface area contributed by atoms with Crippen LogP contribution in [0.3, 0.4) is 0 Å². The van der Waals surface area contributed by atoms with Gasteiger partial charge in [0.2, 0.25) is 10.0 Å². The van der Waals surface area contributed by atoms with Crippen LogP contribution >= 0.6 is 0 Å². The molecule has 10 heteroatoms. The van der Waals surface area contributed by atoms with Gasteiger partial charge in [-0.15, -0.1) is 0 Å². The summed E-state index contributed by atoms with van der Waals surface area (Å²) in [5, 5.41) is 0. The van der Waals surface area contributed by atoms with E-state index in [1.54, 1.807) is 0 Å². The van der Waals surface area contributed by atoms with Crippen LogP contribution in [-0.4, -0.2) is 61.3 Å². The first-order valence-corrected chi connectivity index (χ1v) is 9.71. The van der Waals surface area contributed by atoms with Crippen molar-refractivity contribution < 1.29 is 13.2 Å². The zero-order valence-corrected chi connectivity index (χ0v) is 15.9. The zero-order chi connectivity index (χ0) is 18.8. The van der Waals surface area contributed by atoms with Crippen molar-refractivity contribution in [3.05, 3.63) is 27.0 Å². The Balaban J connectivity index is 2.23. The molecule has 0 radical (unpaired) electrons. The third-order valence-electron chi connectivity index (χ3n) is 4.47. The van der Waals surface area contributed by atoms with Crippen molar-refractivity contribution in [2.24, 2.45) is 20.0 Å². The number of hydrogen-bond acceptors (Lipinski definition) is 6. The van der Waals surface area contributed by atoms with Crippen molar-refractivity contribution in [1.82, 2.24) is 18.8 Å². The van der Waals surface area contributed by atoms with Gasteiger partial charge in [-0.05, 0) is 5.92 Å². The van der Waals surface area contributed by atoms with Gasteiger partial charge in [0.25, 0.3) is 5.56 Å². The van der Waals surface area contributed by atoms with Gasteiger partial charge in [-0.3, -0.25) is 14.3 Å². The molecule has 142 valence electrons. The standard InChI is InChI=1S/C15H26N4O5S/c1-11(2)12(19-5-7-24-8-6-19)9-16-25(22,23)13-10-17(3)15(21)18(4)14(13)20/h10-12,16H,5-9H2,1-4H3/t12-/m0/s1. The van der Waals surface area contributed by atoms with E-state index in [1.165, 1.54) is 14.1 Å². The molecule has 1 saturated heterocycles. The van der Waals surface area contributed by atoms with Gasteiger partial charge in [0, 0.05) is 46.0 Å². The van der Waals surface area contributed by atoms with E-state index in [0.717, 1.165) is 28.4 Å². The fourth-order valence-electron chi connectivity index (χ4n) is 2.93. The molecule has 25 heavy (non-hydrogen) atoms. The van der Waals surface area contributed by atoms with Crippen molar-refractivity contribution in [3.8, 4) is 0 Å². The Morgan fingerprint density at radius 2 is 1.80 bits per heavy atom. The molecule has 9 nitrogen and oxygen atoms in total. The van der Waals surface area contributed by atoms with Crippen molar-refractivity contribution in [2.75, 3.05) is 32.8 Å². The van der Waals surface area contributed by atoms with E-state index in [9.17, 15) is 18.0 Å². The van der Waals surface area contributed by atoms with Crippen molar-refractivity contribution in [1.29, 1.82) is 0 Å². The van der Waals surface area contributed by atoms with Gasteiger partial charge in [0.05, 0.1) is 13.2 Å². The van der Waals surface area contributed by atoms with Crippen LogP contribution in [0.15, 0.2) is 20.7 Å². The average molecular weight is 374 g/mol. The Morgan fingerprint density at radius 1 is 1.20 bits per heavy atom. The maximum absolute atomic E-state index is 12.6. The van der Waals surface area contributed by atoms with E-state index >= 15 is 0 Å². The maximum Gasteiger partial charge on any atom is 0.330 e. The van der Waals surface area contributed by atoms with Gasteiger partial charge >= 0.3 is 5.69 Å². The van der Waals surface area contributed by atoms with Crippen LogP contribution < -0.4 is 16.0 Å². The van der Waals surface area contributed by atoms with Crippen molar-refractivity contribution in [3.63, 3.8) is 0 Å². The molecule has 1 aliphatic rings. The summed E-state index contributed by atoms with van der Waals surface area (Å²) in [7, 11) is -1.35. The van der Waals surface area contributed by atoms with Gasteiger partial charge in [-0.2, -0.15) is 0 Å². The van der Waals surface area contributed by atoms with Crippen molar-refractivity contribution in [2.45, 2.75) is 24.8 Å². The largest absolute Gasteiger partial charge is 0.379 e. The summed E-state index contributed by atoms with van der Waals surface area (Å²) in [4.78, 5) is 25.7. The SMILES string of the molecule is CC(C)[C@H](CNS(=O)(=O)c1cn(C)c(=O)n(C)c1=O)N1CCOCC1. The third kappa shape index (κ3) is 4.38. The topological polar surface area (TPSA) is 103 Å². The second kappa shape index (κ2) is 7.81. The third-order valence-corrected chi connectivity index (χ3v) is 5.88. The molecule has 0 amide bonds. The summed E-state index contributed by atoms with van der Waals surface area (Å²) in [5.74, 6) is 0.226. The van der Waals surface area contributed by atoms with Crippen LogP contribution in [-0.2, 0) is 28.9 Å². The number of hydrogen-bond donors (Lipinski definition) is 1. The van der Waals surface area contributed by atoms with E-state index in [1.807, 2.05) is 13.8 Å². The molecule has 0 spiro atoms. The van der Waals surface area contributed by atoms with Crippen molar-refractivity contribution >= 4 is 10.0 Å². The van der Waals surface area contributed by atoms with Crippen LogP contribution in [0.5, 0.6) is 0 Å². The Kier molecular flexibility index (Phi) is 6.20. The number of aryl methyl sites for hydroxylation is 1. The maximum atomic E-state index is 12.6. The summed E-state index contributed by atoms with van der Waals surface area (Å²) in [6.45, 7) is 6.97. The van der Waals surface area contributed by atoms with Gasteiger partial charge < -0.3 is 9.30 Å². The molecular formula is C15H26N4O5S. The number of rotatable bonds is 6. The highest BCUT2D eigenvalue weighted by Crippen LogP contribution is 2.13. The first kappa shape index (κ1) is 19.8. The smallest absolute Gasteiger partial charge is 0.330 e. The molecule has 1 N–H and O–H groups in total. The lowest BCUT2D eigenvalue weighted by atomic mass is 10.0. The minimum Gasteiger partial charge on any atom is -0.379 e. The first-order chi connectivity index (χ1) is 11.6. The van der Waals surface area contributed by atoms with E-state index in [0.29, 0.717) is 13.2 Å². The molecule has 2 heterocycles. The lowest BCUT2D eigenvalue weighted by Crippen LogP contribution is -2.51. The molecule has 0 aromatic carbocycles. The molecular weight excluding hydrogens is 348 g/mol. The summed E-state index contributed by atoms with van der Waals surface area (Å²) < 4.78 is 34.9. The molecule has 1 fully saturated rings. The van der Waals surface area contributed by atoms with Gasteiger partial charge in [0.15, 0.2) is 4.90 Å². The predicted molar refractivity (Wildman–Crippen MR) is 93.1 cm³/mol. The Labute approximate surface area is 147 Å². The summed E-state index contributed by atoms with van der Waals surface area (Å²) in [6.07, 6.45) is 1.06. The molecule has 0 bridgehead atoms. The molecule has 0 saturated carbocycles. The highest BCUT2D eigenvalue weighted by molar-refractivity contribution is 7.89. The number of sulfonamides is 1. The van der Waals surface area contributed by atoms with Crippen LogP contribution in [0.4, 0.5) is 0 Å². The summed E-state index contributed by atoms with van der Waals surface area (Å²) in [6, 6.07) is -0.00458. The quantitative estimate of drug-likeness (QED) is 0.665. The van der Waals surface area contributed by atoms with Crippen LogP contribution in [0.25, 0.3) is 0 Å². The van der Waals surface area contributed by atoms with E-state index in [-0.39, 0.29) is 18.5 Å².